The number of carbonyl (C=O) groups excluding carboxylic acids is 2. The van der Waals surface area contributed by atoms with Crippen LogP contribution in [-0.4, -0.2) is 36.0 Å². The molecule has 0 aromatic heterocycles. The second-order valence-corrected chi connectivity index (χ2v) is 9.20. The Morgan fingerprint density at radius 1 is 1.24 bits per heavy atom. The van der Waals surface area contributed by atoms with E-state index in [1.165, 1.54) is 6.07 Å². The third kappa shape index (κ3) is 3.80. The molecule has 0 radical (unpaired) electrons. The maximum Gasteiger partial charge on any atom is 0.340 e. The number of hydrogen-bond donors (Lipinski definition) is 0. The second-order valence-electron chi connectivity index (χ2n) is 8.41. The van der Waals surface area contributed by atoms with Crippen molar-refractivity contribution in [3.63, 3.8) is 0 Å². The highest BCUT2D eigenvalue weighted by Gasteiger charge is 2.50. The zero-order valence-corrected chi connectivity index (χ0v) is 16.3. The lowest BCUT2D eigenvalue weighted by Crippen LogP contribution is -2.39. The van der Waals surface area contributed by atoms with Crippen molar-refractivity contribution in [3.05, 3.63) is 33.8 Å². The van der Waals surface area contributed by atoms with E-state index < -0.39 is 5.97 Å². The number of amides is 1. The molecule has 3 rings (SSSR count). The molecule has 1 aromatic carbocycles. The first-order chi connectivity index (χ1) is 11.6. The minimum absolute atomic E-state index is 0.141. The molecule has 1 aromatic rings. The van der Waals surface area contributed by atoms with E-state index in [0.29, 0.717) is 0 Å². The highest BCUT2D eigenvalue weighted by Crippen LogP contribution is 2.52. The maximum absolute atomic E-state index is 12.6. The zero-order valence-electron chi connectivity index (χ0n) is 14.8. The van der Waals surface area contributed by atoms with Crippen molar-refractivity contribution in [2.75, 3.05) is 13.2 Å². The number of carbonyl (C=O) groups is 2. The SMILES string of the molecule is CC1(C)CC2CC(C)(CN2C(=O)COC(=O)c2cccc(Cl)c2Cl)C1. The van der Waals surface area contributed by atoms with Crippen molar-refractivity contribution in [1.29, 1.82) is 0 Å². The van der Waals surface area contributed by atoms with E-state index in [9.17, 15) is 9.59 Å². The molecule has 25 heavy (non-hydrogen) atoms. The Kier molecular flexibility index (Phi) is 4.80. The molecule has 1 amide bonds. The summed E-state index contributed by atoms with van der Waals surface area (Å²) in [4.78, 5) is 26.7. The van der Waals surface area contributed by atoms with Crippen molar-refractivity contribution in [2.24, 2.45) is 10.8 Å². The van der Waals surface area contributed by atoms with Gasteiger partial charge in [0.25, 0.3) is 5.91 Å². The van der Waals surface area contributed by atoms with Crippen LogP contribution in [0.1, 0.15) is 50.4 Å². The van der Waals surface area contributed by atoms with E-state index >= 15 is 0 Å². The molecule has 1 aliphatic carbocycles. The lowest BCUT2D eigenvalue weighted by atomic mass is 9.65. The second kappa shape index (κ2) is 6.48. The summed E-state index contributed by atoms with van der Waals surface area (Å²) in [5.41, 5.74) is 0.565. The van der Waals surface area contributed by atoms with E-state index in [-0.39, 0.29) is 45.0 Å². The number of hydrogen-bond acceptors (Lipinski definition) is 3. The number of halogens is 2. The fraction of sp³-hybridized carbons (Fsp3) is 0.579. The van der Waals surface area contributed by atoms with Gasteiger partial charge in [-0.05, 0) is 42.2 Å². The lowest BCUT2D eigenvalue weighted by molar-refractivity contribution is -0.135. The number of rotatable bonds is 3. The summed E-state index contributed by atoms with van der Waals surface area (Å²) in [5, 5.41) is 0.429. The average molecular weight is 384 g/mol. The number of nitrogens with zero attached hydrogens (tertiary/aromatic N) is 1. The van der Waals surface area contributed by atoms with Gasteiger partial charge in [-0.25, -0.2) is 4.79 Å². The summed E-state index contributed by atoms with van der Waals surface area (Å²) < 4.78 is 5.20. The fourth-order valence-electron chi connectivity index (χ4n) is 4.70. The Bertz CT molecular complexity index is 719. The first-order valence-corrected chi connectivity index (χ1v) is 9.26. The van der Waals surface area contributed by atoms with E-state index in [2.05, 4.69) is 20.8 Å². The Hall–Kier alpha value is -1.26. The summed E-state index contributed by atoms with van der Waals surface area (Å²) in [7, 11) is 0. The van der Waals surface area contributed by atoms with Gasteiger partial charge in [0.15, 0.2) is 6.61 Å². The summed E-state index contributed by atoms with van der Waals surface area (Å²) in [6, 6.07) is 4.99. The van der Waals surface area contributed by atoms with Crippen LogP contribution in [0.3, 0.4) is 0 Å². The fourth-order valence-corrected chi connectivity index (χ4v) is 5.08. The molecule has 4 nitrogen and oxygen atoms in total. The van der Waals surface area contributed by atoms with E-state index in [1.54, 1.807) is 12.1 Å². The summed E-state index contributed by atoms with van der Waals surface area (Å²) in [5.74, 6) is -0.771. The molecule has 1 saturated carbocycles. The van der Waals surface area contributed by atoms with E-state index in [1.807, 2.05) is 4.90 Å². The number of benzene rings is 1. The monoisotopic (exact) mass is 383 g/mol. The Morgan fingerprint density at radius 3 is 2.68 bits per heavy atom. The van der Waals surface area contributed by atoms with Gasteiger partial charge in [-0.15, -0.1) is 0 Å². The van der Waals surface area contributed by atoms with Gasteiger partial charge in [-0.1, -0.05) is 50.0 Å². The van der Waals surface area contributed by atoms with Crippen LogP contribution < -0.4 is 0 Å². The van der Waals surface area contributed by atoms with Crippen LogP contribution in [0.2, 0.25) is 10.0 Å². The van der Waals surface area contributed by atoms with Gasteiger partial charge in [0.2, 0.25) is 0 Å². The van der Waals surface area contributed by atoms with Crippen molar-refractivity contribution >= 4 is 35.1 Å². The van der Waals surface area contributed by atoms with E-state index in [0.717, 1.165) is 25.8 Å². The largest absolute Gasteiger partial charge is 0.452 e. The van der Waals surface area contributed by atoms with Gasteiger partial charge in [-0.2, -0.15) is 0 Å². The average Bonchev–Trinajstić information content (AvgIpc) is 2.76. The van der Waals surface area contributed by atoms with Gasteiger partial charge in [0, 0.05) is 12.6 Å². The molecule has 136 valence electrons. The Balaban J connectivity index is 1.64. The van der Waals surface area contributed by atoms with Crippen molar-refractivity contribution in [1.82, 2.24) is 4.90 Å². The van der Waals surface area contributed by atoms with Crippen LogP contribution in [0.4, 0.5) is 0 Å². The molecule has 1 aliphatic heterocycles. The predicted octanol–water partition coefficient (Wildman–Crippen LogP) is 4.58. The van der Waals surface area contributed by atoms with Crippen LogP contribution >= 0.6 is 23.2 Å². The predicted molar refractivity (Wildman–Crippen MR) is 98.0 cm³/mol. The molecule has 2 aliphatic rings. The molecule has 1 saturated heterocycles. The number of fused-ring (bicyclic) bond motifs is 2. The standard InChI is InChI=1S/C19H23Cl2NO3/c1-18(2)7-12-8-19(3,10-18)11-22(12)15(23)9-25-17(24)13-5-4-6-14(20)16(13)21/h4-6,12H,7-11H2,1-3H3. The molecule has 1 heterocycles. The minimum Gasteiger partial charge on any atom is -0.452 e. The summed E-state index contributed by atoms with van der Waals surface area (Å²) in [6.07, 6.45) is 3.12. The van der Waals surface area contributed by atoms with Crippen LogP contribution in [0, 0.1) is 10.8 Å². The highest BCUT2D eigenvalue weighted by atomic mass is 35.5. The van der Waals surface area contributed by atoms with Crippen molar-refractivity contribution in [3.8, 4) is 0 Å². The van der Waals surface area contributed by atoms with Gasteiger partial charge in [0.1, 0.15) is 0 Å². The minimum atomic E-state index is -0.630. The molecular formula is C19H23Cl2NO3. The molecule has 0 spiro atoms. The smallest absolute Gasteiger partial charge is 0.340 e. The number of esters is 1. The van der Waals surface area contributed by atoms with Crippen molar-refractivity contribution in [2.45, 2.75) is 46.1 Å². The number of ether oxygens (including phenoxy) is 1. The quantitative estimate of drug-likeness (QED) is 0.717. The lowest BCUT2D eigenvalue weighted by Gasteiger charge is -2.39. The van der Waals surface area contributed by atoms with E-state index in [4.69, 9.17) is 27.9 Å². The summed E-state index contributed by atoms with van der Waals surface area (Å²) >= 11 is 11.9. The first kappa shape index (κ1) is 18.5. The van der Waals surface area contributed by atoms with Gasteiger partial charge in [0.05, 0.1) is 15.6 Å². The molecule has 6 heteroatoms. The first-order valence-electron chi connectivity index (χ1n) is 8.51. The van der Waals surface area contributed by atoms with Crippen LogP contribution in [0.5, 0.6) is 0 Å². The third-order valence-electron chi connectivity index (χ3n) is 5.23. The van der Waals surface area contributed by atoms with Gasteiger partial charge in [-0.3, -0.25) is 4.79 Å². The topological polar surface area (TPSA) is 46.6 Å². The maximum atomic E-state index is 12.6. The normalized spacial score (nSPS) is 27.2. The molecule has 2 bridgehead atoms. The van der Waals surface area contributed by atoms with Crippen LogP contribution in [0.25, 0.3) is 0 Å². The van der Waals surface area contributed by atoms with Gasteiger partial charge < -0.3 is 9.64 Å². The van der Waals surface area contributed by atoms with Gasteiger partial charge >= 0.3 is 5.97 Å². The molecule has 2 unspecified atom stereocenters. The highest BCUT2D eigenvalue weighted by molar-refractivity contribution is 6.43. The molecule has 0 N–H and O–H groups in total. The zero-order chi connectivity index (χ0) is 18.4. The molecular weight excluding hydrogens is 361 g/mol. The van der Waals surface area contributed by atoms with Crippen LogP contribution in [-0.2, 0) is 9.53 Å². The Labute approximate surface area is 158 Å². The third-order valence-corrected chi connectivity index (χ3v) is 6.05. The Morgan fingerprint density at radius 2 is 1.96 bits per heavy atom. The molecule has 2 fully saturated rings. The number of likely N-dealkylation sites (tertiary alicyclic amines) is 1. The van der Waals surface area contributed by atoms with Crippen molar-refractivity contribution < 1.29 is 14.3 Å². The molecule has 2 atom stereocenters. The van der Waals surface area contributed by atoms with Crippen LogP contribution in [0.15, 0.2) is 18.2 Å². The summed E-state index contributed by atoms with van der Waals surface area (Å²) in [6.45, 7) is 7.22.